The molecule has 17 heteroatoms. The van der Waals surface area contributed by atoms with Crippen LogP contribution in [0.2, 0.25) is 0 Å². The van der Waals surface area contributed by atoms with E-state index in [0.29, 0.717) is 60.2 Å². The molecule has 4 atom stereocenters. The molecule has 3 amide bonds. The Morgan fingerprint density at radius 3 is 2.56 bits per heavy atom. The Labute approximate surface area is 321 Å². The van der Waals surface area contributed by atoms with Gasteiger partial charge in [-0.1, -0.05) is 12.2 Å². The van der Waals surface area contributed by atoms with Crippen LogP contribution in [-0.2, 0) is 25.8 Å². The van der Waals surface area contributed by atoms with Crippen molar-refractivity contribution in [2.45, 2.75) is 94.7 Å². The molecular formula is C38H44F3N5O7S2. The predicted molar refractivity (Wildman–Crippen MR) is 199 cm³/mol. The fraction of sp³-hybridized carbons (Fsp3) is 0.553. The fourth-order valence-electron chi connectivity index (χ4n) is 7.62. The summed E-state index contributed by atoms with van der Waals surface area (Å²) in [5.41, 5.74) is -1.07. The molecule has 0 radical (unpaired) electrons. The molecule has 7 rings (SSSR count). The number of alkyl halides is 3. The molecule has 4 heterocycles. The Kier molecular flexibility index (Phi) is 10.2. The summed E-state index contributed by atoms with van der Waals surface area (Å²) >= 11 is 0.803. The third-order valence-corrected chi connectivity index (χ3v) is 14.6. The van der Waals surface area contributed by atoms with Gasteiger partial charge < -0.3 is 19.3 Å². The number of aromatic nitrogens is 2. The van der Waals surface area contributed by atoms with Gasteiger partial charge in [0.2, 0.25) is 15.9 Å². The number of ether oxygens (including phenoxy) is 2. The normalized spacial score (nSPS) is 26.4. The SMILES string of the molecule is COc1ccc2c(O[C@H]3CCN4C(=O)N(C)CCCC/C=C\[C@@H]5C[C@@]5(C(=O)NS(=O)(=O)C5(C)CC5)CC(=O)[C@@H]4C3)cc(-c3nc(C(F)(F)F)cs3)nc2c1C. The minimum absolute atomic E-state index is 0.0419. The smallest absolute Gasteiger partial charge is 0.434 e. The van der Waals surface area contributed by atoms with E-state index in [4.69, 9.17) is 9.47 Å². The molecule has 4 aliphatic rings. The zero-order valence-electron chi connectivity index (χ0n) is 31.1. The van der Waals surface area contributed by atoms with Crippen molar-refractivity contribution in [2.75, 3.05) is 27.2 Å². The minimum Gasteiger partial charge on any atom is -0.496 e. The molecule has 12 nitrogen and oxygen atoms in total. The van der Waals surface area contributed by atoms with Crippen LogP contribution in [0.3, 0.4) is 0 Å². The van der Waals surface area contributed by atoms with E-state index in [9.17, 15) is 36.0 Å². The average molecular weight is 804 g/mol. The second kappa shape index (κ2) is 14.4. The van der Waals surface area contributed by atoms with Crippen LogP contribution in [0.25, 0.3) is 21.6 Å². The van der Waals surface area contributed by atoms with Gasteiger partial charge in [0, 0.05) is 61.8 Å². The van der Waals surface area contributed by atoms with Gasteiger partial charge in [0.1, 0.15) is 28.3 Å². The van der Waals surface area contributed by atoms with Gasteiger partial charge in [-0.3, -0.25) is 14.3 Å². The number of nitrogens with zero attached hydrogens (tertiary/aromatic N) is 4. The first-order valence-electron chi connectivity index (χ1n) is 18.4. The van der Waals surface area contributed by atoms with Gasteiger partial charge in [0.25, 0.3) is 0 Å². The van der Waals surface area contributed by atoms with Gasteiger partial charge >= 0.3 is 12.2 Å². The van der Waals surface area contributed by atoms with E-state index in [1.807, 2.05) is 12.2 Å². The number of halogens is 3. The lowest BCUT2D eigenvalue weighted by molar-refractivity contribution is -0.140. The second-order valence-electron chi connectivity index (χ2n) is 15.4. The number of fused-ring (bicyclic) bond motifs is 3. The topological polar surface area (TPSA) is 148 Å². The predicted octanol–water partition coefficient (Wildman–Crippen LogP) is 6.66. The van der Waals surface area contributed by atoms with Crippen LogP contribution in [0.4, 0.5) is 18.0 Å². The van der Waals surface area contributed by atoms with E-state index in [1.165, 1.54) is 18.1 Å². The molecule has 55 heavy (non-hydrogen) atoms. The van der Waals surface area contributed by atoms with E-state index in [1.54, 1.807) is 37.9 Å². The molecule has 2 saturated carbocycles. The van der Waals surface area contributed by atoms with Crippen LogP contribution >= 0.6 is 11.3 Å². The van der Waals surface area contributed by atoms with E-state index in [-0.39, 0.29) is 47.8 Å². The lowest BCUT2D eigenvalue weighted by Gasteiger charge is -2.41. The van der Waals surface area contributed by atoms with Crippen molar-refractivity contribution >= 4 is 50.0 Å². The van der Waals surface area contributed by atoms with Gasteiger partial charge in [0.15, 0.2) is 11.5 Å². The van der Waals surface area contributed by atoms with Crippen LogP contribution < -0.4 is 14.2 Å². The van der Waals surface area contributed by atoms with Gasteiger partial charge in [-0.25, -0.2) is 23.2 Å². The summed E-state index contributed by atoms with van der Waals surface area (Å²) < 4.78 is 80.2. The van der Waals surface area contributed by atoms with Crippen molar-refractivity contribution in [2.24, 2.45) is 11.3 Å². The van der Waals surface area contributed by atoms with Gasteiger partial charge in [0.05, 0.1) is 28.8 Å². The first-order chi connectivity index (χ1) is 26.0. The van der Waals surface area contributed by atoms with Crippen molar-refractivity contribution < 1.29 is 45.4 Å². The van der Waals surface area contributed by atoms with Crippen LogP contribution in [0.15, 0.2) is 35.7 Å². The molecule has 2 aromatic heterocycles. The fourth-order valence-corrected chi connectivity index (χ4v) is 9.74. The van der Waals surface area contributed by atoms with Crippen LogP contribution in [-0.4, -0.2) is 90.0 Å². The van der Waals surface area contributed by atoms with Crippen molar-refractivity contribution in [3.63, 3.8) is 0 Å². The van der Waals surface area contributed by atoms with E-state index >= 15 is 0 Å². The summed E-state index contributed by atoms with van der Waals surface area (Å²) in [6.45, 7) is 4.01. The number of hydrogen-bond donors (Lipinski definition) is 1. The number of carbonyl (C=O) groups is 3. The highest BCUT2D eigenvalue weighted by molar-refractivity contribution is 7.91. The number of methoxy groups -OCH3 is 1. The first kappa shape index (κ1) is 39.0. The Morgan fingerprint density at radius 1 is 1.11 bits per heavy atom. The highest BCUT2D eigenvalue weighted by atomic mass is 32.2. The number of benzene rings is 1. The van der Waals surface area contributed by atoms with Gasteiger partial charge in [-0.15, -0.1) is 11.3 Å². The minimum atomic E-state index is -4.64. The van der Waals surface area contributed by atoms with Crippen molar-refractivity contribution in [3.8, 4) is 22.2 Å². The second-order valence-corrected chi connectivity index (χ2v) is 18.5. The summed E-state index contributed by atoms with van der Waals surface area (Å²) in [7, 11) is -0.772. The number of aryl methyl sites for hydroxylation is 1. The highest BCUT2D eigenvalue weighted by Crippen LogP contribution is 2.57. The summed E-state index contributed by atoms with van der Waals surface area (Å²) in [4.78, 5) is 53.8. The molecule has 1 saturated heterocycles. The van der Waals surface area contributed by atoms with Crippen molar-refractivity contribution in [1.29, 1.82) is 0 Å². The molecule has 0 unspecified atom stereocenters. The van der Waals surface area contributed by atoms with Gasteiger partial charge in [-0.05, 0) is 70.4 Å². The summed E-state index contributed by atoms with van der Waals surface area (Å²) in [5, 5.41) is 1.54. The molecule has 1 aromatic carbocycles. The number of rotatable bonds is 7. The monoisotopic (exact) mass is 803 g/mol. The number of sulfonamides is 1. The van der Waals surface area contributed by atoms with Crippen LogP contribution in [0, 0.1) is 18.3 Å². The number of nitrogens with one attached hydrogen (secondary N) is 1. The third kappa shape index (κ3) is 7.53. The molecule has 0 bridgehead atoms. The summed E-state index contributed by atoms with van der Waals surface area (Å²) in [6.07, 6.45) is 2.18. The van der Waals surface area contributed by atoms with Crippen molar-refractivity contribution in [1.82, 2.24) is 24.5 Å². The van der Waals surface area contributed by atoms with Gasteiger partial charge in [-0.2, -0.15) is 13.2 Å². The number of pyridine rings is 1. The Bertz CT molecular complexity index is 2170. The molecule has 0 spiro atoms. The molecule has 2 aliphatic carbocycles. The van der Waals surface area contributed by atoms with E-state index in [2.05, 4.69) is 14.7 Å². The number of urea groups is 1. The maximum Gasteiger partial charge on any atom is 0.434 e. The summed E-state index contributed by atoms with van der Waals surface area (Å²) in [5.74, 6) is -0.589. The lowest BCUT2D eigenvalue weighted by atomic mass is 9.87. The van der Waals surface area contributed by atoms with Crippen LogP contribution in [0.5, 0.6) is 11.5 Å². The number of allylic oxidation sites excluding steroid dienone is 2. The van der Waals surface area contributed by atoms with Crippen LogP contribution in [0.1, 0.15) is 76.0 Å². The highest BCUT2D eigenvalue weighted by Gasteiger charge is 2.62. The third-order valence-electron chi connectivity index (χ3n) is 11.6. The standard InChI is InChI=1S/C38H44F3N5O7S2/c1-22-29(52-4)11-10-25-30(18-26(42-32(22)25)33-43-31(21-54-33)38(39,40)41)53-24-12-16-46-27(17-24)28(47)20-37(34(48)44-55(50,51)36(2)13-14-36)19-23(37)9-7-5-6-8-15-45(3)35(46)49/h7,9-11,18,21,23-24,27H,5-6,8,12-17,19-20H2,1-4H3,(H,44,48)/b9-7-/t23-,24+,27+,37-/m1/s1. The number of piperidine rings is 1. The Balaban J connectivity index is 1.21. The lowest BCUT2D eigenvalue weighted by Crippen LogP contribution is -2.56. The molecular weight excluding hydrogens is 760 g/mol. The van der Waals surface area contributed by atoms with Crippen molar-refractivity contribution in [3.05, 3.63) is 47.0 Å². The number of amides is 3. The number of ketones is 1. The molecule has 3 fully saturated rings. The Hall–Kier alpha value is -4.25. The molecule has 3 aromatic rings. The first-order valence-corrected chi connectivity index (χ1v) is 20.8. The molecule has 2 aliphatic heterocycles. The number of carbonyl (C=O) groups excluding carboxylic acids is 3. The average Bonchev–Trinajstić information content (AvgIpc) is 3.99. The number of thiazole rings is 1. The molecule has 296 valence electrons. The largest absolute Gasteiger partial charge is 0.496 e. The zero-order valence-corrected chi connectivity index (χ0v) is 32.7. The number of hydrogen-bond acceptors (Lipinski definition) is 10. The maximum atomic E-state index is 14.5. The summed E-state index contributed by atoms with van der Waals surface area (Å²) in [6, 6.07) is 3.70. The van der Waals surface area contributed by atoms with E-state index < -0.39 is 50.1 Å². The molecule has 1 N–H and O–H groups in total. The quantitative estimate of drug-likeness (QED) is 0.259. The zero-order chi connectivity index (χ0) is 39.5. The van der Waals surface area contributed by atoms with E-state index in [0.717, 1.165) is 36.0 Å². The Morgan fingerprint density at radius 2 is 1.87 bits per heavy atom. The maximum absolute atomic E-state index is 14.5. The number of Topliss-reactive ketones (excluding diaryl/α,β-unsaturated/α-hetero) is 1.